The van der Waals surface area contributed by atoms with Crippen molar-refractivity contribution in [3.8, 4) is 0 Å². The predicted octanol–water partition coefficient (Wildman–Crippen LogP) is 2.71. The number of amides is 3. The van der Waals surface area contributed by atoms with Gasteiger partial charge in [-0.15, -0.1) is 0 Å². The molecule has 150 valence electrons. The molecular weight excluding hydrogens is 384 g/mol. The number of benzene rings is 2. The molecule has 2 aromatic carbocycles. The largest absolute Gasteiger partial charge is 0.321 e. The third-order valence-corrected chi connectivity index (χ3v) is 4.69. The number of hydrogen-bond donors (Lipinski definition) is 1. The topological polar surface area (TPSA) is 101 Å². The van der Waals surface area contributed by atoms with Crippen LogP contribution in [0.4, 0.5) is 11.4 Å². The van der Waals surface area contributed by atoms with Gasteiger partial charge in [0.2, 0.25) is 0 Å². The molecule has 0 saturated carbocycles. The fraction of sp³-hybridized carbons (Fsp3) is 0.136. The molecule has 0 radical (unpaired) electrons. The third-order valence-electron chi connectivity index (χ3n) is 4.69. The van der Waals surface area contributed by atoms with E-state index in [1.165, 1.54) is 16.8 Å². The SMILES string of the molecule is CCCn1nc(C(=O)Nc2cccc(N3C(=O)c4ccccc4C3=O)c2)ccc1=O. The van der Waals surface area contributed by atoms with Gasteiger partial charge in [0, 0.05) is 18.3 Å². The van der Waals surface area contributed by atoms with Crippen LogP contribution >= 0.6 is 0 Å². The van der Waals surface area contributed by atoms with Crippen molar-refractivity contribution in [3.63, 3.8) is 0 Å². The van der Waals surface area contributed by atoms with Crippen molar-refractivity contribution in [2.45, 2.75) is 19.9 Å². The van der Waals surface area contributed by atoms with Crippen LogP contribution in [0.15, 0.2) is 65.5 Å². The molecule has 4 rings (SSSR count). The van der Waals surface area contributed by atoms with Crippen molar-refractivity contribution < 1.29 is 14.4 Å². The normalized spacial score (nSPS) is 12.8. The summed E-state index contributed by atoms with van der Waals surface area (Å²) in [6.07, 6.45) is 0.709. The molecule has 0 unspecified atom stereocenters. The Bertz CT molecular complexity index is 1200. The summed E-state index contributed by atoms with van der Waals surface area (Å²) in [5.74, 6) is -1.32. The first kappa shape index (κ1) is 19.3. The van der Waals surface area contributed by atoms with Gasteiger partial charge in [0.25, 0.3) is 23.3 Å². The summed E-state index contributed by atoms with van der Waals surface area (Å²) in [7, 11) is 0. The fourth-order valence-corrected chi connectivity index (χ4v) is 3.28. The van der Waals surface area contributed by atoms with Crippen molar-refractivity contribution >= 4 is 29.1 Å². The molecule has 0 atom stereocenters. The van der Waals surface area contributed by atoms with Crippen molar-refractivity contribution in [3.05, 3.63) is 87.8 Å². The van der Waals surface area contributed by atoms with Crippen LogP contribution in [0.1, 0.15) is 44.5 Å². The number of carbonyl (C=O) groups is 3. The Kier molecular flexibility index (Phi) is 4.97. The minimum atomic E-state index is -0.501. The van der Waals surface area contributed by atoms with E-state index in [0.717, 1.165) is 4.90 Å². The molecule has 8 nitrogen and oxygen atoms in total. The summed E-state index contributed by atoms with van der Waals surface area (Å²) in [6.45, 7) is 2.32. The van der Waals surface area contributed by atoms with E-state index in [-0.39, 0.29) is 11.3 Å². The second kappa shape index (κ2) is 7.75. The Balaban J connectivity index is 1.59. The van der Waals surface area contributed by atoms with Crippen molar-refractivity contribution in [1.29, 1.82) is 0 Å². The third kappa shape index (κ3) is 3.39. The van der Waals surface area contributed by atoms with Gasteiger partial charge in [-0.3, -0.25) is 19.2 Å². The Hall–Kier alpha value is -4.07. The van der Waals surface area contributed by atoms with Crippen LogP contribution < -0.4 is 15.8 Å². The lowest BCUT2D eigenvalue weighted by Crippen LogP contribution is -2.29. The first-order valence-corrected chi connectivity index (χ1v) is 9.47. The molecule has 0 aliphatic carbocycles. The molecule has 0 fully saturated rings. The molecular formula is C22H18N4O4. The molecule has 3 aromatic rings. The van der Waals surface area contributed by atoms with Gasteiger partial charge in [-0.1, -0.05) is 25.1 Å². The summed E-state index contributed by atoms with van der Waals surface area (Å²) in [6, 6.07) is 15.7. The number of aromatic nitrogens is 2. The van der Waals surface area contributed by atoms with Crippen LogP contribution in [0.3, 0.4) is 0 Å². The van der Waals surface area contributed by atoms with Crippen LogP contribution in [0.25, 0.3) is 0 Å². The molecule has 8 heteroatoms. The van der Waals surface area contributed by atoms with Gasteiger partial charge in [-0.25, -0.2) is 9.58 Å². The van der Waals surface area contributed by atoms with Crippen LogP contribution in [0.2, 0.25) is 0 Å². The number of fused-ring (bicyclic) bond motifs is 1. The van der Waals surface area contributed by atoms with Crippen molar-refractivity contribution in [2.75, 3.05) is 10.2 Å². The number of imide groups is 1. The highest BCUT2D eigenvalue weighted by atomic mass is 16.2. The highest BCUT2D eigenvalue weighted by Crippen LogP contribution is 2.29. The standard InChI is InChI=1S/C22H18N4O4/c1-2-12-25-19(27)11-10-18(24-25)20(28)23-14-6-5-7-15(13-14)26-21(29)16-8-3-4-9-17(16)22(26)30/h3-11,13H,2,12H2,1H3,(H,23,28). The second-order valence-corrected chi connectivity index (χ2v) is 6.78. The number of anilines is 2. The second-order valence-electron chi connectivity index (χ2n) is 6.78. The zero-order valence-electron chi connectivity index (χ0n) is 16.2. The van der Waals surface area contributed by atoms with Crippen LogP contribution in [0, 0.1) is 0 Å². The average molecular weight is 402 g/mol. The van der Waals surface area contributed by atoms with E-state index in [1.807, 2.05) is 6.92 Å². The van der Waals surface area contributed by atoms with Gasteiger partial charge in [-0.05, 0) is 42.8 Å². The quantitative estimate of drug-likeness (QED) is 0.661. The van der Waals surface area contributed by atoms with Gasteiger partial charge in [0.1, 0.15) is 5.69 Å². The minimum absolute atomic E-state index is 0.0918. The van der Waals surface area contributed by atoms with Gasteiger partial charge in [0.05, 0.1) is 16.8 Å². The Labute approximate surface area is 171 Å². The van der Waals surface area contributed by atoms with Crippen LogP contribution in [-0.2, 0) is 6.54 Å². The number of hydrogen-bond acceptors (Lipinski definition) is 5. The summed E-state index contributed by atoms with van der Waals surface area (Å²) in [5.41, 5.74) is 1.25. The molecule has 1 aliphatic rings. The molecule has 0 spiro atoms. The lowest BCUT2D eigenvalue weighted by Gasteiger charge is -2.15. The van der Waals surface area contributed by atoms with E-state index in [0.29, 0.717) is 35.5 Å². The smallest absolute Gasteiger partial charge is 0.276 e. The molecule has 2 heterocycles. The van der Waals surface area contributed by atoms with Gasteiger partial charge < -0.3 is 5.32 Å². The van der Waals surface area contributed by atoms with E-state index in [2.05, 4.69) is 10.4 Å². The lowest BCUT2D eigenvalue weighted by molar-refractivity contribution is 0.0925. The van der Waals surface area contributed by atoms with Gasteiger partial charge >= 0.3 is 0 Å². The molecule has 30 heavy (non-hydrogen) atoms. The number of rotatable bonds is 5. The Morgan fingerprint density at radius 2 is 1.63 bits per heavy atom. The van der Waals surface area contributed by atoms with Crippen LogP contribution in [0.5, 0.6) is 0 Å². The van der Waals surface area contributed by atoms with E-state index in [4.69, 9.17) is 0 Å². The molecule has 1 N–H and O–H groups in total. The molecule has 3 amide bonds. The highest BCUT2D eigenvalue weighted by Gasteiger charge is 2.36. The highest BCUT2D eigenvalue weighted by molar-refractivity contribution is 6.34. The maximum atomic E-state index is 12.7. The van der Waals surface area contributed by atoms with Gasteiger partial charge in [0.15, 0.2) is 0 Å². The number of nitrogens with one attached hydrogen (secondary N) is 1. The lowest BCUT2D eigenvalue weighted by atomic mass is 10.1. The first-order chi connectivity index (χ1) is 14.5. The molecule has 1 aliphatic heterocycles. The molecule has 0 saturated heterocycles. The number of carbonyl (C=O) groups excluding carboxylic acids is 3. The van der Waals surface area contributed by atoms with E-state index < -0.39 is 17.7 Å². The predicted molar refractivity (Wildman–Crippen MR) is 111 cm³/mol. The summed E-state index contributed by atoms with van der Waals surface area (Å²) in [4.78, 5) is 50.8. The number of aryl methyl sites for hydroxylation is 1. The maximum absolute atomic E-state index is 12.7. The van der Waals surface area contributed by atoms with Crippen LogP contribution in [-0.4, -0.2) is 27.5 Å². The van der Waals surface area contributed by atoms with Crippen molar-refractivity contribution in [2.24, 2.45) is 0 Å². The first-order valence-electron chi connectivity index (χ1n) is 9.47. The summed E-state index contributed by atoms with van der Waals surface area (Å²) in [5, 5.41) is 6.78. The average Bonchev–Trinajstić information content (AvgIpc) is 3.00. The fourth-order valence-electron chi connectivity index (χ4n) is 3.28. The summed E-state index contributed by atoms with van der Waals surface area (Å²) < 4.78 is 1.24. The van der Waals surface area contributed by atoms with E-state index >= 15 is 0 Å². The van der Waals surface area contributed by atoms with Gasteiger partial charge in [-0.2, -0.15) is 5.10 Å². The number of nitrogens with zero attached hydrogens (tertiary/aromatic N) is 3. The molecule has 1 aromatic heterocycles. The zero-order chi connectivity index (χ0) is 21.3. The maximum Gasteiger partial charge on any atom is 0.276 e. The monoisotopic (exact) mass is 402 g/mol. The molecule has 0 bridgehead atoms. The van der Waals surface area contributed by atoms with E-state index in [1.54, 1.807) is 48.5 Å². The zero-order valence-corrected chi connectivity index (χ0v) is 16.2. The van der Waals surface area contributed by atoms with Crippen molar-refractivity contribution in [1.82, 2.24) is 9.78 Å². The Morgan fingerprint density at radius 1 is 0.933 bits per heavy atom. The van der Waals surface area contributed by atoms with E-state index in [9.17, 15) is 19.2 Å². The summed E-state index contributed by atoms with van der Waals surface area (Å²) >= 11 is 0. The Morgan fingerprint density at radius 3 is 2.30 bits per heavy atom. The minimum Gasteiger partial charge on any atom is -0.321 e.